The first-order valence-corrected chi connectivity index (χ1v) is 5.80. The van der Waals surface area contributed by atoms with Crippen LogP contribution in [0, 0.1) is 0 Å². The summed E-state index contributed by atoms with van der Waals surface area (Å²) in [6, 6.07) is -0.239. The van der Waals surface area contributed by atoms with Crippen LogP contribution in [0.1, 0.15) is 32.6 Å². The van der Waals surface area contributed by atoms with Gasteiger partial charge in [0.2, 0.25) is 0 Å². The van der Waals surface area contributed by atoms with Gasteiger partial charge < -0.3 is 4.90 Å². The molecule has 0 unspecified atom stereocenters. The Labute approximate surface area is 95.2 Å². The van der Waals surface area contributed by atoms with Crippen molar-refractivity contribution in [1.82, 2.24) is 9.80 Å². The van der Waals surface area contributed by atoms with Crippen LogP contribution < -0.4 is 0 Å². The molecular formula is C10H17ClN2O2. The van der Waals surface area contributed by atoms with E-state index in [-0.39, 0.29) is 6.03 Å². The Morgan fingerprint density at radius 1 is 1.27 bits per heavy atom. The summed E-state index contributed by atoms with van der Waals surface area (Å²) >= 11 is 5.38. The van der Waals surface area contributed by atoms with Crippen LogP contribution >= 0.6 is 11.6 Å². The molecule has 5 heteroatoms. The summed E-state index contributed by atoms with van der Waals surface area (Å²) in [5, 5.41) is -0.674. The van der Waals surface area contributed by atoms with Gasteiger partial charge in [0.1, 0.15) is 0 Å². The van der Waals surface area contributed by atoms with E-state index < -0.39 is 5.37 Å². The maximum Gasteiger partial charge on any atom is 0.327 e. The number of nitrogens with zero attached hydrogens (tertiary/aromatic N) is 2. The van der Waals surface area contributed by atoms with Gasteiger partial charge in [-0.3, -0.25) is 9.69 Å². The summed E-state index contributed by atoms with van der Waals surface area (Å²) in [7, 11) is 0. The van der Waals surface area contributed by atoms with Crippen molar-refractivity contribution in [2.45, 2.75) is 32.6 Å². The van der Waals surface area contributed by atoms with Gasteiger partial charge in [-0.15, -0.1) is 0 Å². The van der Waals surface area contributed by atoms with Crippen LogP contribution in [0.2, 0.25) is 0 Å². The van der Waals surface area contributed by atoms with Crippen molar-refractivity contribution in [1.29, 1.82) is 0 Å². The van der Waals surface area contributed by atoms with Crippen LogP contribution in [-0.2, 0) is 0 Å². The minimum Gasteiger partial charge on any atom is -0.324 e. The zero-order chi connectivity index (χ0) is 11.3. The number of hydrogen-bond donors (Lipinski definition) is 0. The summed E-state index contributed by atoms with van der Waals surface area (Å²) < 4.78 is 0. The second-order valence-corrected chi connectivity index (χ2v) is 4.06. The lowest BCUT2D eigenvalue weighted by atomic mass is 10.1. The zero-order valence-corrected chi connectivity index (χ0v) is 9.79. The second kappa shape index (κ2) is 5.95. The fourth-order valence-electron chi connectivity index (χ4n) is 1.74. The number of piperidine rings is 1. The predicted molar refractivity (Wildman–Crippen MR) is 59.1 cm³/mol. The number of halogens is 1. The molecule has 0 bridgehead atoms. The molecule has 0 aromatic rings. The van der Waals surface area contributed by atoms with Crippen LogP contribution in [0.4, 0.5) is 9.59 Å². The highest BCUT2D eigenvalue weighted by Gasteiger charge is 2.25. The fraction of sp³-hybridized carbons (Fsp3) is 0.800. The molecule has 86 valence electrons. The molecule has 0 N–H and O–H groups in total. The Kier molecular flexibility index (Phi) is 4.88. The third-order valence-electron chi connectivity index (χ3n) is 2.52. The number of carbonyl (C=O) groups is 2. The Morgan fingerprint density at radius 3 is 2.33 bits per heavy atom. The van der Waals surface area contributed by atoms with E-state index in [0.717, 1.165) is 43.7 Å². The van der Waals surface area contributed by atoms with Gasteiger partial charge in [0.25, 0.3) is 0 Å². The highest BCUT2D eigenvalue weighted by Crippen LogP contribution is 2.12. The lowest BCUT2D eigenvalue weighted by molar-refractivity contribution is 0.153. The zero-order valence-electron chi connectivity index (χ0n) is 9.04. The van der Waals surface area contributed by atoms with Gasteiger partial charge in [-0.2, -0.15) is 0 Å². The van der Waals surface area contributed by atoms with Crippen LogP contribution in [0.25, 0.3) is 0 Å². The van der Waals surface area contributed by atoms with Crippen molar-refractivity contribution >= 4 is 23.0 Å². The van der Waals surface area contributed by atoms with Gasteiger partial charge in [-0.25, -0.2) is 4.79 Å². The number of carbonyl (C=O) groups excluding carboxylic acids is 2. The van der Waals surface area contributed by atoms with Gasteiger partial charge in [0.05, 0.1) is 0 Å². The van der Waals surface area contributed by atoms with E-state index in [1.165, 1.54) is 0 Å². The molecule has 0 aromatic carbocycles. The fourth-order valence-corrected chi connectivity index (χ4v) is 1.90. The molecule has 0 spiro atoms. The highest BCUT2D eigenvalue weighted by molar-refractivity contribution is 6.64. The van der Waals surface area contributed by atoms with E-state index in [9.17, 15) is 9.59 Å². The Hall–Kier alpha value is -0.770. The van der Waals surface area contributed by atoms with Crippen molar-refractivity contribution in [2.75, 3.05) is 19.6 Å². The summed E-state index contributed by atoms with van der Waals surface area (Å²) in [6.07, 6.45) is 3.93. The predicted octanol–water partition coefficient (Wildman–Crippen LogP) is 2.66. The van der Waals surface area contributed by atoms with Crippen molar-refractivity contribution in [3.8, 4) is 0 Å². The largest absolute Gasteiger partial charge is 0.327 e. The molecule has 1 saturated heterocycles. The first-order valence-electron chi connectivity index (χ1n) is 5.42. The minimum atomic E-state index is -0.674. The van der Waals surface area contributed by atoms with Gasteiger partial charge in [0.15, 0.2) is 0 Å². The van der Waals surface area contributed by atoms with E-state index >= 15 is 0 Å². The van der Waals surface area contributed by atoms with Crippen LogP contribution in [0.5, 0.6) is 0 Å². The number of rotatable bonds is 2. The Bertz CT molecular complexity index is 240. The lowest BCUT2D eigenvalue weighted by Gasteiger charge is -2.30. The minimum absolute atomic E-state index is 0.239. The summed E-state index contributed by atoms with van der Waals surface area (Å²) in [6.45, 7) is 3.79. The van der Waals surface area contributed by atoms with Crippen molar-refractivity contribution in [3.05, 3.63) is 0 Å². The summed E-state index contributed by atoms with van der Waals surface area (Å²) in [5.74, 6) is 0. The molecule has 1 rings (SSSR count). The van der Waals surface area contributed by atoms with E-state index in [4.69, 9.17) is 11.6 Å². The lowest BCUT2D eigenvalue weighted by Crippen LogP contribution is -2.46. The molecule has 3 amide bonds. The van der Waals surface area contributed by atoms with Gasteiger partial charge in [-0.05, 0) is 37.3 Å². The molecule has 0 atom stereocenters. The molecule has 15 heavy (non-hydrogen) atoms. The van der Waals surface area contributed by atoms with Crippen LogP contribution in [-0.4, -0.2) is 40.8 Å². The maximum atomic E-state index is 11.9. The first kappa shape index (κ1) is 12.3. The van der Waals surface area contributed by atoms with E-state index in [2.05, 4.69) is 0 Å². The number of imide groups is 1. The highest BCUT2D eigenvalue weighted by atomic mass is 35.5. The molecule has 0 aromatic heterocycles. The normalized spacial score (nSPS) is 16.3. The third-order valence-corrected chi connectivity index (χ3v) is 2.72. The topological polar surface area (TPSA) is 40.6 Å². The molecule has 0 aliphatic carbocycles. The molecule has 1 fully saturated rings. The third kappa shape index (κ3) is 3.38. The standard InChI is InChI=1S/C10H17ClN2O2/c1-2-6-13(9(11)14)10(15)12-7-4-3-5-8-12/h2-8H2,1H3. The van der Waals surface area contributed by atoms with Crippen LogP contribution in [0.3, 0.4) is 0 Å². The Balaban J connectivity index is 2.57. The first-order chi connectivity index (χ1) is 7.16. The van der Waals surface area contributed by atoms with Crippen LogP contribution in [0.15, 0.2) is 0 Å². The average Bonchev–Trinajstić information content (AvgIpc) is 2.26. The van der Waals surface area contributed by atoms with Crippen molar-refractivity contribution < 1.29 is 9.59 Å². The molecule has 1 heterocycles. The SMILES string of the molecule is CCCN(C(=O)Cl)C(=O)N1CCCCC1. The molecular weight excluding hydrogens is 216 g/mol. The van der Waals surface area contributed by atoms with Gasteiger partial charge in [-0.1, -0.05) is 6.92 Å². The average molecular weight is 233 g/mol. The smallest absolute Gasteiger partial charge is 0.324 e. The number of urea groups is 1. The monoisotopic (exact) mass is 232 g/mol. The quantitative estimate of drug-likeness (QED) is 0.543. The van der Waals surface area contributed by atoms with Crippen molar-refractivity contribution in [3.63, 3.8) is 0 Å². The van der Waals surface area contributed by atoms with E-state index in [1.54, 1.807) is 4.90 Å². The molecule has 0 radical (unpaired) electrons. The molecule has 1 aliphatic heterocycles. The molecule has 0 saturated carbocycles. The van der Waals surface area contributed by atoms with Gasteiger partial charge in [0, 0.05) is 19.6 Å². The van der Waals surface area contributed by atoms with E-state index in [1.807, 2.05) is 6.92 Å². The number of likely N-dealkylation sites (tertiary alicyclic amines) is 1. The summed E-state index contributed by atoms with van der Waals surface area (Å²) in [5.41, 5.74) is 0. The summed E-state index contributed by atoms with van der Waals surface area (Å²) in [4.78, 5) is 25.8. The second-order valence-electron chi connectivity index (χ2n) is 3.73. The molecule has 1 aliphatic rings. The number of hydrogen-bond acceptors (Lipinski definition) is 2. The van der Waals surface area contributed by atoms with E-state index in [0.29, 0.717) is 6.54 Å². The number of amides is 3. The maximum absolute atomic E-state index is 11.9. The van der Waals surface area contributed by atoms with Crippen molar-refractivity contribution in [2.24, 2.45) is 0 Å². The Morgan fingerprint density at radius 2 is 1.87 bits per heavy atom. The van der Waals surface area contributed by atoms with Gasteiger partial charge >= 0.3 is 11.4 Å². The molecule has 4 nitrogen and oxygen atoms in total.